The quantitative estimate of drug-likeness (QED) is 0.533. The Morgan fingerprint density at radius 2 is 2.06 bits per heavy atom. The van der Waals surface area contributed by atoms with Crippen molar-refractivity contribution in [3.8, 4) is 0 Å². The number of rotatable bonds is 5. The molecule has 2 fully saturated rings. The highest BCUT2D eigenvalue weighted by atomic mass is 16.6. The van der Waals surface area contributed by atoms with Gasteiger partial charge in [-0.05, 0) is 44.9 Å². The average Bonchev–Trinajstić information content (AvgIpc) is 2.85. The Hall–Kier alpha value is -0.570. The fourth-order valence-electron chi connectivity index (χ4n) is 3.07. The predicted octanol–water partition coefficient (Wildman–Crippen LogP) is 2.39. The number of esters is 1. The first-order valence-corrected chi connectivity index (χ1v) is 6.45. The van der Waals surface area contributed by atoms with Gasteiger partial charge in [-0.15, -0.1) is 0 Å². The summed E-state index contributed by atoms with van der Waals surface area (Å²) < 4.78 is 10.6. The second-order valence-corrected chi connectivity index (χ2v) is 5.37. The number of hydrogen-bond acceptors (Lipinski definition) is 3. The fourth-order valence-corrected chi connectivity index (χ4v) is 3.07. The molecule has 2 saturated carbocycles. The summed E-state index contributed by atoms with van der Waals surface area (Å²) in [6, 6.07) is 0. The van der Waals surface area contributed by atoms with Crippen LogP contribution >= 0.6 is 0 Å². The summed E-state index contributed by atoms with van der Waals surface area (Å²) >= 11 is 0. The maximum absolute atomic E-state index is 11.8. The van der Waals surface area contributed by atoms with Crippen molar-refractivity contribution in [1.29, 1.82) is 0 Å². The Bertz CT molecular complexity index is 250. The minimum absolute atomic E-state index is 0.0135. The second-order valence-electron chi connectivity index (χ2n) is 5.37. The van der Waals surface area contributed by atoms with Crippen LogP contribution < -0.4 is 0 Å². The van der Waals surface area contributed by atoms with Crippen LogP contribution in [0.15, 0.2) is 0 Å². The molecule has 0 spiro atoms. The summed E-state index contributed by atoms with van der Waals surface area (Å²) in [7, 11) is 0. The Kier molecular flexibility index (Phi) is 3.85. The molecule has 2 bridgehead atoms. The predicted molar refractivity (Wildman–Crippen MR) is 61.0 cm³/mol. The van der Waals surface area contributed by atoms with E-state index in [9.17, 15) is 4.79 Å². The van der Waals surface area contributed by atoms with Crippen molar-refractivity contribution in [2.24, 2.45) is 17.8 Å². The van der Waals surface area contributed by atoms with Gasteiger partial charge < -0.3 is 9.47 Å². The van der Waals surface area contributed by atoms with Crippen molar-refractivity contribution in [1.82, 2.24) is 0 Å². The molecule has 0 unspecified atom stereocenters. The molecule has 16 heavy (non-hydrogen) atoms. The maximum Gasteiger partial charge on any atom is 0.309 e. The smallest absolute Gasteiger partial charge is 0.309 e. The molecule has 3 nitrogen and oxygen atoms in total. The van der Waals surface area contributed by atoms with Crippen molar-refractivity contribution >= 4 is 5.97 Å². The number of fused-ring (bicyclic) bond motifs is 2. The normalized spacial score (nSPS) is 32.3. The Morgan fingerprint density at radius 1 is 1.25 bits per heavy atom. The highest BCUT2D eigenvalue weighted by Gasteiger charge is 2.43. The van der Waals surface area contributed by atoms with E-state index in [0.29, 0.717) is 19.1 Å². The monoisotopic (exact) mass is 226 g/mol. The molecule has 0 N–H and O–H groups in total. The standard InChI is InChI=1S/C13H22O3/c1-9(2)15-5-6-16-13(14)12-8-10-3-4-11(12)7-10/h9-12H,3-8H2,1-2H3/t10-,11-,12+/m0/s1. The van der Waals surface area contributed by atoms with E-state index in [2.05, 4.69) is 0 Å². The molecule has 0 aromatic rings. The molecule has 92 valence electrons. The third-order valence-electron chi connectivity index (χ3n) is 3.82. The van der Waals surface area contributed by atoms with Gasteiger partial charge in [-0.1, -0.05) is 6.42 Å². The van der Waals surface area contributed by atoms with E-state index >= 15 is 0 Å². The van der Waals surface area contributed by atoms with Gasteiger partial charge in [0.15, 0.2) is 0 Å². The molecule has 2 aliphatic rings. The van der Waals surface area contributed by atoms with E-state index in [1.165, 1.54) is 19.3 Å². The van der Waals surface area contributed by atoms with Crippen LogP contribution in [0.3, 0.4) is 0 Å². The first kappa shape index (κ1) is 11.9. The van der Waals surface area contributed by atoms with Crippen LogP contribution in [0.25, 0.3) is 0 Å². The molecule has 2 rings (SSSR count). The zero-order valence-corrected chi connectivity index (χ0v) is 10.3. The number of carbonyl (C=O) groups is 1. The van der Waals surface area contributed by atoms with Gasteiger partial charge in [-0.3, -0.25) is 4.79 Å². The lowest BCUT2D eigenvalue weighted by Crippen LogP contribution is -2.24. The summed E-state index contributed by atoms with van der Waals surface area (Å²) in [5, 5.41) is 0. The van der Waals surface area contributed by atoms with Crippen LogP contribution in [0.1, 0.15) is 39.5 Å². The molecule has 0 radical (unpaired) electrons. The maximum atomic E-state index is 11.8. The van der Waals surface area contributed by atoms with Crippen molar-refractivity contribution in [2.75, 3.05) is 13.2 Å². The van der Waals surface area contributed by atoms with Crippen LogP contribution in [0.5, 0.6) is 0 Å². The summed E-state index contributed by atoms with van der Waals surface area (Å²) in [4.78, 5) is 11.8. The zero-order chi connectivity index (χ0) is 11.5. The van der Waals surface area contributed by atoms with Crippen LogP contribution in [-0.2, 0) is 14.3 Å². The lowest BCUT2D eigenvalue weighted by atomic mass is 9.89. The van der Waals surface area contributed by atoms with Gasteiger partial charge in [0.1, 0.15) is 6.61 Å². The number of ether oxygens (including phenoxy) is 2. The first-order chi connectivity index (χ1) is 7.66. The molecule has 0 heterocycles. The van der Waals surface area contributed by atoms with Gasteiger partial charge in [-0.25, -0.2) is 0 Å². The molecule has 2 aliphatic carbocycles. The van der Waals surface area contributed by atoms with E-state index in [0.717, 1.165) is 12.3 Å². The molecule has 3 heteroatoms. The lowest BCUT2D eigenvalue weighted by Gasteiger charge is -2.20. The van der Waals surface area contributed by atoms with Crippen molar-refractivity contribution in [3.05, 3.63) is 0 Å². The van der Waals surface area contributed by atoms with Gasteiger partial charge in [0, 0.05) is 0 Å². The molecule has 0 saturated heterocycles. The Morgan fingerprint density at radius 3 is 2.62 bits per heavy atom. The van der Waals surface area contributed by atoms with Crippen LogP contribution in [-0.4, -0.2) is 25.3 Å². The van der Waals surface area contributed by atoms with Gasteiger partial charge in [-0.2, -0.15) is 0 Å². The molecule has 0 aliphatic heterocycles. The SMILES string of the molecule is CC(C)OCCOC(=O)[C@@H]1C[C@H]2CC[C@H]1C2. The Balaban J connectivity index is 1.65. The van der Waals surface area contributed by atoms with E-state index in [1.807, 2.05) is 13.8 Å². The van der Waals surface area contributed by atoms with Crippen molar-refractivity contribution in [3.63, 3.8) is 0 Å². The average molecular weight is 226 g/mol. The summed E-state index contributed by atoms with van der Waals surface area (Å²) in [6.07, 6.45) is 5.08. The van der Waals surface area contributed by atoms with Gasteiger partial charge in [0.05, 0.1) is 18.6 Å². The topological polar surface area (TPSA) is 35.5 Å². The lowest BCUT2D eigenvalue weighted by molar-refractivity contribution is -0.152. The summed E-state index contributed by atoms with van der Waals surface area (Å²) in [5.74, 6) is 1.62. The highest BCUT2D eigenvalue weighted by molar-refractivity contribution is 5.73. The third-order valence-corrected chi connectivity index (χ3v) is 3.82. The van der Waals surface area contributed by atoms with Gasteiger partial charge >= 0.3 is 5.97 Å². The van der Waals surface area contributed by atoms with Gasteiger partial charge in [0.25, 0.3) is 0 Å². The summed E-state index contributed by atoms with van der Waals surface area (Å²) in [6.45, 7) is 4.89. The van der Waals surface area contributed by atoms with E-state index in [-0.39, 0.29) is 18.0 Å². The number of hydrogen-bond donors (Lipinski definition) is 0. The van der Waals surface area contributed by atoms with Gasteiger partial charge in [0.2, 0.25) is 0 Å². The molecule has 3 atom stereocenters. The van der Waals surface area contributed by atoms with E-state index in [4.69, 9.17) is 9.47 Å². The fraction of sp³-hybridized carbons (Fsp3) is 0.923. The minimum Gasteiger partial charge on any atom is -0.463 e. The third kappa shape index (κ3) is 2.76. The van der Waals surface area contributed by atoms with Crippen molar-refractivity contribution in [2.45, 2.75) is 45.6 Å². The molecular formula is C13H22O3. The zero-order valence-electron chi connectivity index (χ0n) is 10.3. The largest absolute Gasteiger partial charge is 0.463 e. The van der Waals surface area contributed by atoms with Crippen LogP contribution in [0.2, 0.25) is 0 Å². The van der Waals surface area contributed by atoms with E-state index in [1.54, 1.807) is 0 Å². The molecule has 0 amide bonds. The molecular weight excluding hydrogens is 204 g/mol. The second kappa shape index (κ2) is 5.17. The Labute approximate surface area is 97.5 Å². The summed E-state index contributed by atoms with van der Waals surface area (Å²) in [5.41, 5.74) is 0. The first-order valence-electron chi connectivity index (χ1n) is 6.45. The molecule has 0 aromatic carbocycles. The van der Waals surface area contributed by atoms with Crippen LogP contribution in [0.4, 0.5) is 0 Å². The highest BCUT2D eigenvalue weighted by Crippen LogP contribution is 2.48. The number of carbonyl (C=O) groups excluding carboxylic acids is 1. The minimum atomic E-state index is 0.0135. The molecule has 0 aromatic heterocycles. The van der Waals surface area contributed by atoms with Crippen molar-refractivity contribution < 1.29 is 14.3 Å². The van der Waals surface area contributed by atoms with E-state index < -0.39 is 0 Å². The van der Waals surface area contributed by atoms with Crippen LogP contribution in [0, 0.1) is 17.8 Å².